The zero-order chi connectivity index (χ0) is 12.4. The van der Waals surface area contributed by atoms with Crippen LogP contribution in [0.1, 0.15) is 27.2 Å². The predicted molar refractivity (Wildman–Crippen MR) is 69.8 cm³/mol. The second-order valence-electron chi connectivity index (χ2n) is 6.24. The van der Waals surface area contributed by atoms with Crippen LogP contribution >= 0.6 is 9.47 Å². The first-order valence-corrected chi connectivity index (χ1v) is 7.06. The van der Waals surface area contributed by atoms with Crippen LogP contribution in [0.25, 0.3) is 0 Å². The van der Waals surface area contributed by atoms with Gasteiger partial charge in [-0.2, -0.15) is 0 Å². The fourth-order valence-corrected chi connectivity index (χ4v) is 4.80. The van der Waals surface area contributed by atoms with Crippen LogP contribution in [0.5, 0.6) is 0 Å². The van der Waals surface area contributed by atoms with E-state index < -0.39 is 0 Å². The average Bonchev–Trinajstić information content (AvgIpc) is 3.13. The number of hydrogen-bond donors (Lipinski definition) is 1. The van der Waals surface area contributed by atoms with Crippen molar-refractivity contribution in [1.82, 2.24) is 0 Å². The monoisotopic (exact) mass is 255 g/mol. The lowest BCUT2D eigenvalue weighted by Gasteiger charge is -2.23. The molecule has 1 heterocycles. The third-order valence-corrected chi connectivity index (χ3v) is 5.73. The van der Waals surface area contributed by atoms with Crippen LogP contribution in [0.3, 0.4) is 0 Å². The Kier molecular flexibility index (Phi) is 2.67. The third-order valence-electron chi connectivity index (χ3n) is 5.46. The zero-order valence-electron chi connectivity index (χ0n) is 10.8. The Hall–Kier alpha value is 0.0200. The van der Waals surface area contributed by atoms with E-state index in [1.54, 1.807) is 0 Å². The van der Waals surface area contributed by atoms with Crippen LogP contribution in [0.2, 0.25) is 0 Å². The third kappa shape index (κ3) is 1.42. The maximum atomic E-state index is 8.28. The number of ether oxygens (including phenoxy) is 1. The van der Waals surface area contributed by atoms with E-state index in [1.807, 2.05) is 0 Å². The van der Waals surface area contributed by atoms with E-state index in [0.717, 1.165) is 30.6 Å². The van der Waals surface area contributed by atoms with Gasteiger partial charge in [-0.3, -0.25) is 0 Å². The molecule has 2 saturated carbocycles. The van der Waals surface area contributed by atoms with Gasteiger partial charge in [-0.05, 0) is 29.6 Å². The van der Waals surface area contributed by atoms with Gasteiger partial charge in [0.1, 0.15) is 0 Å². The van der Waals surface area contributed by atoms with Crippen molar-refractivity contribution >= 4 is 15.2 Å². The summed E-state index contributed by atoms with van der Waals surface area (Å²) < 4.78 is 11.2. The zero-order valence-corrected chi connectivity index (χ0v) is 11.9. The largest absolute Gasteiger partial charge is 0.352 e. The maximum Gasteiger partial charge on any atom is 0.163 e. The second kappa shape index (κ2) is 3.76. The van der Waals surface area contributed by atoms with Crippen LogP contribution in [-0.2, 0) is 9.26 Å². The van der Waals surface area contributed by atoms with Gasteiger partial charge >= 0.3 is 0 Å². The van der Waals surface area contributed by atoms with Crippen molar-refractivity contribution < 1.29 is 9.26 Å². The summed E-state index contributed by atoms with van der Waals surface area (Å²) in [6.45, 7) is 7.49. The van der Waals surface area contributed by atoms with E-state index in [9.17, 15) is 0 Å². The van der Waals surface area contributed by atoms with Crippen LogP contribution in [0, 0.1) is 40.4 Å². The highest BCUT2D eigenvalue weighted by Crippen LogP contribution is 2.87. The van der Waals surface area contributed by atoms with Crippen molar-refractivity contribution in [1.29, 1.82) is 5.41 Å². The molecule has 0 aromatic heterocycles. The molecule has 1 aliphatic heterocycles. The van der Waals surface area contributed by atoms with E-state index >= 15 is 0 Å². The SMILES string of the molecule is CC1CC(=N)C2C3C(C)C23C(C)COC1OP. The quantitative estimate of drug-likeness (QED) is 0.732. The van der Waals surface area contributed by atoms with E-state index in [2.05, 4.69) is 30.2 Å². The highest BCUT2D eigenvalue weighted by Gasteiger charge is 2.86. The Morgan fingerprint density at radius 1 is 1.41 bits per heavy atom. The first-order chi connectivity index (χ1) is 8.05. The van der Waals surface area contributed by atoms with E-state index in [4.69, 9.17) is 14.7 Å². The molecular weight excluding hydrogens is 233 g/mol. The Labute approximate surface area is 105 Å². The summed E-state index contributed by atoms with van der Waals surface area (Å²) in [6, 6.07) is 0. The molecule has 1 spiro atoms. The minimum Gasteiger partial charge on any atom is -0.352 e. The number of fused-ring (bicyclic) bond motifs is 1. The van der Waals surface area contributed by atoms with Gasteiger partial charge in [0.25, 0.3) is 0 Å². The molecule has 0 bridgehead atoms. The van der Waals surface area contributed by atoms with Gasteiger partial charge in [-0.1, -0.05) is 20.8 Å². The highest BCUT2D eigenvalue weighted by molar-refractivity contribution is 7.09. The average molecular weight is 255 g/mol. The van der Waals surface area contributed by atoms with Gasteiger partial charge in [-0.25, -0.2) is 0 Å². The van der Waals surface area contributed by atoms with Gasteiger partial charge in [-0.15, -0.1) is 0 Å². The smallest absolute Gasteiger partial charge is 0.163 e. The normalized spacial score (nSPS) is 57.3. The van der Waals surface area contributed by atoms with E-state index in [-0.39, 0.29) is 12.2 Å². The summed E-state index contributed by atoms with van der Waals surface area (Å²) in [5, 5.41) is 8.28. The highest BCUT2D eigenvalue weighted by atomic mass is 31.0. The Balaban J connectivity index is 1.80. The summed E-state index contributed by atoms with van der Waals surface area (Å²) in [5.41, 5.74) is 1.36. The fourth-order valence-electron chi connectivity index (χ4n) is 4.45. The number of rotatable bonds is 1. The minimum atomic E-state index is -0.177. The van der Waals surface area contributed by atoms with Crippen LogP contribution in [0.15, 0.2) is 0 Å². The number of nitrogens with one attached hydrogen (secondary N) is 1. The molecule has 2 aliphatic carbocycles. The molecule has 1 saturated heterocycles. The molecule has 8 atom stereocenters. The minimum absolute atomic E-state index is 0.177. The molecule has 3 fully saturated rings. The van der Waals surface area contributed by atoms with Crippen LogP contribution in [0.4, 0.5) is 0 Å². The fraction of sp³-hybridized carbons (Fsp3) is 0.923. The lowest BCUT2D eigenvalue weighted by atomic mass is 9.83. The van der Waals surface area contributed by atoms with Crippen molar-refractivity contribution in [2.24, 2.45) is 35.0 Å². The first kappa shape index (κ1) is 12.1. The molecule has 0 aromatic rings. The van der Waals surface area contributed by atoms with Gasteiger partial charge in [0.15, 0.2) is 6.29 Å². The van der Waals surface area contributed by atoms with Gasteiger partial charge in [0, 0.05) is 27.0 Å². The standard InChI is InChI=1S/C13H22NO2P/c1-6-4-9(14)11-10-8(3)13(10,11)7(2)5-15-12(6)16-17/h6-8,10-12,14H,4-5,17H2,1-3H3. The predicted octanol–water partition coefficient (Wildman–Crippen LogP) is 2.71. The van der Waals surface area contributed by atoms with Gasteiger partial charge in [0.05, 0.1) is 6.61 Å². The first-order valence-electron chi connectivity index (χ1n) is 6.59. The topological polar surface area (TPSA) is 42.3 Å². The summed E-state index contributed by atoms with van der Waals surface area (Å²) in [7, 11) is 2.30. The van der Waals surface area contributed by atoms with Crippen molar-refractivity contribution in [3.8, 4) is 0 Å². The molecule has 8 unspecified atom stereocenters. The molecule has 3 rings (SSSR count). The lowest BCUT2D eigenvalue weighted by molar-refractivity contribution is -0.113. The van der Waals surface area contributed by atoms with Crippen molar-refractivity contribution in [3.05, 3.63) is 0 Å². The molecular formula is C13H22NO2P. The summed E-state index contributed by atoms with van der Waals surface area (Å²) in [6.07, 6.45) is 0.644. The molecule has 96 valence electrons. The van der Waals surface area contributed by atoms with Gasteiger partial charge in [0.2, 0.25) is 0 Å². The van der Waals surface area contributed by atoms with Gasteiger partial charge < -0.3 is 14.7 Å². The van der Waals surface area contributed by atoms with Crippen molar-refractivity contribution in [2.75, 3.05) is 6.61 Å². The summed E-state index contributed by atoms with van der Waals surface area (Å²) in [5.74, 6) is 2.98. The maximum absolute atomic E-state index is 8.28. The molecule has 17 heavy (non-hydrogen) atoms. The number of hydrogen-bond acceptors (Lipinski definition) is 3. The summed E-state index contributed by atoms with van der Waals surface area (Å²) in [4.78, 5) is 0. The summed E-state index contributed by atoms with van der Waals surface area (Å²) >= 11 is 0. The van der Waals surface area contributed by atoms with Crippen molar-refractivity contribution in [3.63, 3.8) is 0 Å². The Bertz CT molecular complexity index is 361. The van der Waals surface area contributed by atoms with E-state index in [1.165, 1.54) is 0 Å². The Morgan fingerprint density at radius 3 is 2.71 bits per heavy atom. The molecule has 3 aliphatic rings. The lowest BCUT2D eigenvalue weighted by Crippen LogP contribution is -2.25. The molecule has 0 aromatic carbocycles. The molecule has 4 heteroatoms. The molecule has 1 N–H and O–H groups in total. The van der Waals surface area contributed by atoms with Crippen LogP contribution < -0.4 is 0 Å². The molecule has 3 nitrogen and oxygen atoms in total. The molecule has 0 radical (unpaired) electrons. The second-order valence-corrected chi connectivity index (χ2v) is 6.51. The van der Waals surface area contributed by atoms with Crippen LogP contribution in [-0.4, -0.2) is 18.6 Å². The molecule has 0 amide bonds. The van der Waals surface area contributed by atoms with Crippen molar-refractivity contribution in [2.45, 2.75) is 33.5 Å². The van der Waals surface area contributed by atoms with E-state index in [0.29, 0.717) is 17.3 Å². The Morgan fingerprint density at radius 2 is 2.12 bits per heavy atom.